The Morgan fingerprint density at radius 1 is 0.812 bits per heavy atom. The van der Waals surface area contributed by atoms with E-state index >= 15 is 0 Å². The molecule has 0 heterocycles. The fourth-order valence-corrected chi connectivity index (χ4v) is 3.28. The summed E-state index contributed by atoms with van der Waals surface area (Å²) in [5, 5.41) is 0. The highest BCUT2D eigenvalue weighted by molar-refractivity contribution is 8.00. The van der Waals surface area contributed by atoms with Crippen molar-refractivity contribution in [3.8, 4) is 0 Å². The second kappa shape index (κ2) is 4.58. The molecule has 0 amide bonds. The summed E-state index contributed by atoms with van der Waals surface area (Å²) in [7, 11) is -1.17. The van der Waals surface area contributed by atoms with Crippen molar-refractivity contribution in [2.75, 3.05) is 7.05 Å². The van der Waals surface area contributed by atoms with Crippen molar-refractivity contribution in [1.82, 2.24) is 0 Å². The van der Waals surface area contributed by atoms with Crippen LogP contribution in [-0.2, 0) is 10.2 Å². The van der Waals surface area contributed by atoms with Gasteiger partial charge in [0.05, 0.1) is 7.05 Å². The lowest BCUT2D eigenvalue weighted by Crippen LogP contribution is -2.05. The maximum absolute atomic E-state index is 14.9. The van der Waals surface area contributed by atoms with E-state index in [1.165, 1.54) is 7.05 Å². The van der Waals surface area contributed by atoms with Gasteiger partial charge in [-0.1, -0.05) is 40.8 Å². The second-order valence-corrected chi connectivity index (χ2v) is 5.64. The van der Waals surface area contributed by atoms with Gasteiger partial charge in [-0.15, -0.1) is 0 Å². The number of hydrogen-bond donors (Lipinski definition) is 0. The minimum Gasteiger partial charge on any atom is -0.0962 e. The normalized spacial score (nSPS) is 11.1. The van der Waals surface area contributed by atoms with E-state index < -0.39 is 10.2 Å². The van der Waals surface area contributed by atoms with E-state index in [9.17, 15) is 3.89 Å². The molecule has 0 fully saturated rings. The van der Waals surface area contributed by atoms with Crippen LogP contribution < -0.4 is 0 Å². The molecule has 2 aromatic rings. The summed E-state index contributed by atoms with van der Waals surface area (Å²) in [5.41, 5.74) is 0. The third kappa shape index (κ3) is 1.91. The first-order valence-corrected chi connectivity index (χ1v) is 6.50. The summed E-state index contributed by atoms with van der Waals surface area (Å²) in [6.07, 6.45) is 0. The van der Waals surface area contributed by atoms with E-state index in [-0.39, 0.29) is 0 Å². The molecular formula is C13H13FNS+. The lowest BCUT2D eigenvalue weighted by molar-refractivity contribution is 0.876. The Morgan fingerprint density at radius 3 is 1.50 bits per heavy atom. The largest absolute Gasteiger partial charge is 0.219 e. The molecule has 0 bridgehead atoms. The number of hydrogen-bond acceptors (Lipinski definition) is 1. The molecule has 3 heteroatoms. The van der Waals surface area contributed by atoms with Crippen molar-refractivity contribution in [1.29, 1.82) is 0 Å². The molecule has 0 radical (unpaired) electrons. The quantitative estimate of drug-likeness (QED) is 0.697. The van der Waals surface area contributed by atoms with Crippen LogP contribution in [0.25, 0.3) is 0 Å². The van der Waals surface area contributed by atoms with Crippen molar-refractivity contribution in [2.24, 2.45) is 4.36 Å². The fourth-order valence-electron chi connectivity index (χ4n) is 1.55. The van der Waals surface area contributed by atoms with Gasteiger partial charge in [0.2, 0.25) is 10.2 Å². The Labute approximate surface area is 96.3 Å². The fraction of sp³-hybridized carbons (Fsp3) is 0.0769. The zero-order valence-corrected chi connectivity index (χ0v) is 9.82. The molecule has 0 aliphatic rings. The predicted octanol–water partition coefficient (Wildman–Crippen LogP) is 3.96. The minimum absolute atomic E-state index is 0.642. The van der Waals surface area contributed by atoms with Crippen LogP contribution >= 0.6 is 0 Å². The molecule has 0 aromatic heterocycles. The van der Waals surface area contributed by atoms with Gasteiger partial charge in [0.25, 0.3) is 0 Å². The summed E-state index contributed by atoms with van der Waals surface area (Å²) in [6, 6.07) is 18.3. The number of rotatable bonds is 2. The van der Waals surface area contributed by atoms with E-state index in [0.29, 0.717) is 9.79 Å². The standard InChI is InChI=1S/C13H13FNS/c1-15-16(14,12-8-4-2-5-9-12)13-10-6-3-7-11-13/h2-11H,1H3/q+1. The Kier molecular flexibility index (Phi) is 3.15. The maximum atomic E-state index is 14.9. The van der Waals surface area contributed by atoms with Crippen LogP contribution in [-0.4, -0.2) is 7.05 Å². The number of benzene rings is 2. The highest BCUT2D eigenvalue weighted by atomic mass is 32.3. The van der Waals surface area contributed by atoms with Gasteiger partial charge in [0.15, 0.2) is 9.79 Å². The van der Waals surface area contributed by atoms with Gasteiger partial charge in [0.1, 0.15) is 0 Å². The minimum atomic E-state index is -2.71. The summed E-state index contributed by atoms with van der Waals surface area (Å²) < 4.78 is 18.9. The number of nitrogens with zero attached hydrogens (tertiary/aromatic N) is 1. The molecule has 16 heavy (non-hydrogen) atoms. The highest BCUT2D eigenvalue weighted by Gasteiger charge is 2.31. The van der Waals surface area contributed by atoms with Crippen molar-refractivity contribution >= 4 is 10.2 Å². The smallest absolute Gasteiger partial charge is 0.0962 e. The van der Waals surface area contributed by atoms with E-state index in [2.05, 4.69) is 4.36 Å². The molecule has 0 saturated carbocycles. The zero-order chi connectivity index (χ0) is 11.4. The number of halogens is 1. The summed E-state index contributed by atoms with van der Waals surface area (Å²) >= 11 is 0. The van der Waals surface area contributed by atoms with Gasteiger partial charge < -0.3 is 0 Å². The summed E-state index contributed by atoms with van der Waals surface area (Å²) in [5.74, 6) is 0. The lowest BCUT2D eigenvalue weighted by atomic mass is 10.4. The van der Waals surface area contributed by atoms with Crippen LogP contribution in [0, 0.1) is 0 Å². The Morgan fingerprint density at radius 2 is 1.19 bits per heavy atom. The molecule has 0 aliphatic carbocycles. The van der Waals surface area contributed by atoms with Crippen LogP contribution in [0.4, 0.5) is 3.89 Å². The molecule has 82 valence electrons. The average molecular weight is 234 g/mol. The monoisotopic (exact) mass is 234 g/mol. The molecule has 0 saturated heterocycles. The van der Waals surface area contributed by atoms with E-state index in [1.807, 2.05) is 36.4 Å². The van der Waals surface area contributed by atoms with Gasteiger partial charge in [-0.2, -0.15) is 0 Å². The molecule has 0 atom stereocenters. The van der Waals surface area contributed by atoms with Crippen LogP contribution in [0.1, 0.15) is 0 Å². The van der Waals surface area contributed by atoms with Crippen LogP contribution in [0.2, 0.25) is 0 Å². The third-order valence-electron chi connectivity index (χ3n) is 2.36. The summed E-state index contributed by atoms with van der Waals surface area (Å²) in [6.45, 7) is 0. The Balaban J connectivity index is 2.59. The van der Waals surface area contributed by atoms with Gasteiger partial charge in [0, 0.05) is 3.89 Å². The van der Waals surface area contributed by atoms with Gasteiger partial charge in [-0.05, 0) is 24.3 Å². The van der Waals surface area contributed by atoms with E-state index in [1.54, 1.807) is 24.3 Å². The SMILES string of the molecule is CN=[S+](F)(c1ccccc1)c1ccccc1. The molecule has 1 nitrogen and oxygen atoms in total. The third-order valence-corrected chi connectivity index (χ3v) is 4.66. The topological polar surface area (TPSA) is 12.4 Å². The summed E-state index contributed by atoms with van der Waals surface area (Å²) in [4.78, 5) is 1.28. The second-order valence-electron chi connectivity index (χ2n) is 3.32. The average Bonchev–Trinajstić information content (AvgIpc) is 2.40. The molecule has 0 spiro atoms. The van der Waals surface area contributed by atoms with E-state index in [0.717, 1.165) is 0 Å². The van der Waals surface area contributed by atoms with Crippen LogP contribution in [0.5, 0.6) is 0 Å². The molecule has 2 rings (SSSR count). The van der Waals surface area contributed by atoms with Gasteiger partial charge >= 0.3 is 0 Å². The van der Waals surface area contributed by atoms with Crippen molar-refractivity contribution in [3.05, 3.63) is 60.7 Å². The molecule has 2 aromatic carbocycles. The molecule has 0 N–H and O–H groups in total. The van der Waals surface area contributed by atoms with Crippen LogP contribution in [0.3, 0.4) is 0 Å². The van der Waals surface area contributed by atoms with Crippen molar-refractivity contribution in [2.45, 2.75) is 9.79 Å². The molecule has 0 aliphatic heterocycles. The first-order valence-electron chi connectivity index (χ1n) is 5.01. The highest BCUT2D eigenvalue weighted by Crippen LogP contribution is 2.32. The van der Waals surface area contributed by atoms with E-state index in [4.69, 9.17) is 0 Å². The molecular weight excluding hydrogens is 221 g/mol. The maximum Gasteiger partial charge on any atom is 0.219 e. The first kappa shape index (κ1) is 11.0. The predicted molar refractivity (Wildman–Crippen MR) is 66.2 cm³/mol. The van der Waals surface area contributed by atoms with Gasteiger partial charge in [-0.3, -0.25) is 0 Å². The van der Waals surface area contributed by atoms with Crippen molar-refractivity contribution in [3.63, 3.8) is 0 Å². The first-order chi connectivity index (χ1) is 7.77. The Hall–Kier alpha value is -1.48. The Bertz CT molecular complexity index is 464. The molecule has 0 unspecified atom stereocenters. The zero-order valence-electron chi connectivity index (χ0n) is 9.01. The van der Waals surface area contributed by atoms with Crippen LogP contribution in [0.15, 0.2) is 74.8 Å². The lowest BCUT2D eigenvalue weighted by Gasteiger charge is -2.05. The van der Waals surface area contributed by atoms with Crippen molar-refractivity contribution < 1.29 is 3.89 Å². The van der Waals surface area contributed by atoms with Gasteiger partial charge in [-0.25, -0.2) is 0 Å².